The molecule has 0 amide bonds. The van der Waals surface area contributed by atoms with E-state index in [9.17, 15) is 4.21 Å². The average Bonchev–Trinajstić information content (AvgIpc) is 2.43. The SMILES string of the molecule is CCCCS(=N)(=O)/C=C/c1cccc2ccccc12. The van der Waals surface area contributed by atoms with Gasteiger partial charge in [0.05, 0.1) is 9.73 Å². The standard InChI is InChI=1S/C16H19NOS/c1-2-3-12-19(17,18)13-11-15-9-6-8-14-7-4-5-10-16(14)15/h4-11,13,17H,2-3,12H2,1H3/b13-11+. The summed E-state index contributed by atoms with van der Waals surface area (Å²) in [6, 6.07) is 14.1. The minimum atomic E-state index is -2.59. The molecule has 1 unspecified atom stereocenters. The van der Waals surface area contributed by atoms with Crippen molar-refractivity contribution in [2.75, 3.05) is 5.75 Å². The van der Waals surface area contributed by atoms with Crippen molar-refractivity contribution in [2.45, 2.75) is 19.8 Å². The number of hydrogen-bond acceptors (Lipinski definition) is 2. The van der Waals surface area contributed by atoms with Gasteiger partial charge in [-0.15, -0.1) is 0 Å². The van der Waals surface area contributed by atoms with Crippen LogP contribution in [0.2, 0.25) is 0 Å². The molecule has 0 fully saturated rings. The van der Waals surface area contributed by atoms with Crippen LogP contribution in [0.15, 0.2) is 47.9 Å². The van der Waals surface area contributed by atoms with E-state index in [0.717, 1.165) is 29.2 Å². The predicted molar refractivity (Wildman–Crippen MR) is 83.6 cm³/mol. The molecule has 0 saturated carbocycles. The molecule has 0 aliphatic carbocycles. The first kappa shape index (κ1) is 13.8. The van der Waals surface area contributed by atoms with Crippen LogP contribution >= 0.6 is 0 Å². The second-order valence-electron chi connectivity index (χ2n) is 4.66. The number of unbranched alkanes of at least 4 members (excludes halogenated alkanes) is 1. The van der Waals surface area contributed by atoms with Crippen LogP contribution in [-0.4, -0.2) is 9.96 Å². The normalized spacial score (nSPS) is 14.8. The Bertz CT molecular complexity index is 681. The molecule has 0 saturated heterocycles. The Morgan fingerprint density at radius 1 is 1.16 bits per heavy atom. The monoisotopic (exact) mass is 273 g/mol. The van der Waals surface area contributed by atoms with Crippen molar-refractivity contribution in [1.82, 2.24) is 0 Å². The quantitative estimate of drug-likeness (QED) is 0.845. The second-order valence-corrected chi connectivity index (χ2v) is 6.79. The van der Waals surface area contributed by atoms with Crippen molar-refractivity contribution in [1.29, 1.82) is 4.78 Å². The molecular weight excluding hydrogens is 254 g/mol. The summed E-state index contributed by atoms with van der Waals surface area (Å²) in [5.74, 6) is 0.449. The molecule has 3 heteroatoms. The van der Waals surface area contributed by atoms with Gasteiger partial charge < -0.3 is 0 Å². The first-order valence-electron chi connectivity index (χ1n) is 6.55. The lowest BCUT2D eigenvalue weighted by molar-refractivity contribution is 0.677. The van der Waals surface area contributed by atoms with Gasteiger partial charge in [0.25, 0.3) is 0 Å². The molecule has 2 nitrogen and oxygen atoms in total. The van der Waals surface area contributed by atoms with Crippen LogP contribution in [0.25, 0.3) is 16.8 Å². The van der Waals surface area contributed by atoms with E-state index in [1.54, 1.807) is 5.41 Å². The fraction of sp³-hybridized carbons (Fsp3) is 0.250. The zero-order valence-electron chi connectivity index (χ0n) is 11.1. The third-order valence-corrected chi connectivity index (χ3v) is 4.56. The van der Waals surface area contributed by atoms with Gasteiger partial charge in [0.1, 0.15) is 0 Å². The molecule has 19 heavy (non-hydrogen) atoms. The van der Waals surface area contributed by atoms with Gasteiger partial charge in [-0.1, -0.05) is 55.8 Å². The van der Waals surface area contributed by atoms with E-state index in [0.29, 0.717) is 5.75 Å². The fourth-order valence-electron chi connectivity index (χ4n) is 2.01. The Balaban J connectivity index is 2.31. The van der Waals surface area contributed by atoms with Gasteiger partial charge in [0.15, 0.2) is 0 Å². The summed E-state index contributed by atoms with van der Waals surface area (Å²) in [5, 5.41) is 3.85. The first-order valence-corrected chi connectivity index (χ1v) is 8.34. The van der Waals surface area contributed by atoms with Gasteiger partial charge in [-0.05, 0) is 28.8 Å². The smallest absolute Gasteiger partial charge is 0.0657 e. The number of nitrogens with one attached hydrogen (secondary N) is 1. The number of fused-ring (bicyclic) bond motifs is 1. The summed E-state index contributed by atoms with van der Waals surface area (Å²) in [4.78, 5) is 0. The van der Waals surface area contributed by atoms with Crippen molar-refractivity contribution < 1.29 is 4.21 Å². The summed E-state index contributed by atoms with van der Waals surface area (Å²) < 4.78 is 19.9. The van der Waals surface area contributed by atoms with Crippen molar-refractivity contribution in [3.63, 3.8) is 0 Å². The minimum Gasteiger partial charge on any atom is -0.249 e. The van der Waals surface area contributed by atoms with Crippen LogP contribution in [0.4, 0.5) is 0 Å². The third-order valence-electron chi connectivity index (χ3n) is 3.09. The Hall–Kier alpha value is -1.61. The zero-order valence-corrected chi connectivity index (χ0v) is 12.0. The molecule has 0 bridgehead atoms. The van der Waals surface area contributed by atoms with Gasteiger partial charge in [0, 0.05) is 11.2 Å². The second kappa shape index (κ2) is 6.02. The van der Waals surface area contributed by atoms with Crippen molar-refractivity contribution in [2.24, 2.45) is 0 Å². The molecule has 2 aromatic carbocycles. The van der Waals surface area contributed by atoms with E-state index in [4.69, 9.17) is 4.78 Å². The number of hydrogen-bond donors (Lipinski definition) is 1. The van der Waals surface area contributed by atoms with E-state index in [1.165, 1.54) is 0 Å². The Labute approximate surface area is 115 Å². The molecule has 1 N–H and O–H groups in total. The topological polar surface area (TPSA) is 40.9 Å². The van der Waals surface area contributed by atoms with Crippen LogP contribution in [-0.2, 0) is 9.73 Å². The number of rotatable bonds is 5. The molecule has 0 aromatic heterocycles. The molecule has 1 atom stereocenters. The lowest BCUT2D eigenvalue weighted by Gasteiger charge is -2.03. The highest BCUT2D eigenvalue weighted by molar-refractivity contribution is 7.95. The highest BCUT2D eigenvalue weighted by Crippen LogP contribution is 2.20. The van der Waals surface area contributed by atoms with Crippen LogP contribution in [0, 0.1) is 4.78 Å². The van der Waals surface area contributed by atoms with Crippen LogP contribution in [0.5, 0.6) is 0 Å². The van der Waals surface area contributed by atoms with E-state index >= 15 is 0 Å². The summed E-state index contributed by atoms with van der Waals surface area (Å²) in [6.45, 7) is 2.05. The van der Waals surface area contributed by atoms with Crippen LogP contribution < -0.4 is 0 Å². The Morgan fingerprint density at radius 3 is 2.68 bits per heavy atom. The average molecular weight is 273 g/mol. The zero-order chi connectivity index (χ0) is 13.7. The Kier molecular flexibility index (Phi) is 4.38. The van der Waals surface area contributed by atoms with E-state index in [-0.39, 0.29) is 0 Å². The van der Waals surface area contributed by atoms with E-state index in [1.807, 2.05) is 43.3 Å². The third kappa shape index (κ3) is 3.67. The molecule has 100 valence electrons. The lowest BCUT2D eigenvalue weighted by atomic mass is 10.1. The maximum absolute atomic E-state index is 12.0. The van der Waals surface area contributed by atoms with Gasteiger partial charge in [-0.25, -0.2) is 8.99 Å². The van der Waals surface area contributed by atoms with E-state index in [2.05, 4.69) is 12.1 Å². The fourth-order valence-corrected chi connectivity index (χ4v) is 3.23. The maximum Gasteiger partial charge on any atom is 0.0657 e. The summed E-state index contributed by atoms with van der Waals surface area (Å²) in [5.41, 5.74) is 1.02. The summed E-state index contributed by atoms with van der Waals surface area (Å²) in [6.07, 6.45) is 3.63. The molecular formula is C16H19NOS. The molecule has 2 aromatic rings. The molecule has 0 aliphatic heterocycles. The molecule has 0 radical (unpaired) electrons. The highest BCUT2D eigenvalue weighted by Gasteiger charge is 2.01. The lowest BCUT2D eigenvalue weighted by Crippen LogP contribution is -1.99. The predicted octanol–water partition coefficient (Wildman–Crippen LogP) is 4.66. The summed E-state index contributed by atoms with van der Waals surface area (Å²) in [7, 11) is -2.59. The molecule has 2 rings (SSSR count). The summed E-state index contributed by atoms with van der Waals surface area (Å²) >= 11 is 0. The largest absolute Gasteiger partial charge is 0.249 e. The minimum absolute atomic E-state index is 0.449. The Morgan fingerprint density at radius 2 is 1.89 bits per heavy atom. The molecule has 0 heterocycles. The van der Waals surface area contributed by atoms with Crippen molar-refractivity contribution in [3.8, 4) is 0 Å². The van der Waals surface area contributed by atoms with Crippen LogP contribution in [0.1, 0.15) is 25.3 Å². The molecule has 0 spiro atoms. The van der Waals surface area contributed by atoms with Gasteiger partial charge in [-0.3, -0.25) is 0 Å². The molecule has 0 aliphatic rings. The maximum atomic E-state index is 12.0. The number of benzene rings is 2. The van der Waals surface area contributed by atoms with Gasteiger partial charge in [-0.2, -0.15) is 0 Å². The van der Waals surface area contributed by atoms with Gasteiger partial charge in [0.2, 0.25) is 0 Å². The van der Waals surface area contributed by atoms with Gasteiger partial charge >= 0.3 is 0 Å². The first-order chi connectivity index (χ1) is 9.12. The van der Waals surface area contributed by atoms with E-state index < -0.39 is 9.73 Å². The highest BCUT2D eigenvalue weighted by atomic mass is 32.2. The van der Waals surface area contributed by atoms with Crippen LogP contribution in [0.3, 0.4) is 0 Å². The van der Waals surface area contributed by atoms with Crippen molar-refractivity contribution >= 4 is 26.6 Å². The van der Waals surface area contributed by atoms with Crippen molar-refractivity contribution in [3.05, 3.63) is 53.4 Å².